The molecular formula is C23H24N4O. The third-order valence-electron chi connectivity index (χ3n) is 6.12. The molecule has 1 aromatic heterocycles. The molecule has 0 bridgehead atoms. The van der Waals surface area contributed by atoms with E-state index >= 15 is 0 Å². The van der Waals surface area contributed by atoms with Gasteiger partial charge in [-0.15, -0.1) is 0 Å². The summed E-state index contributed by atoms with van der Waals surface area (Å²) in [6, 6.07) is 14.5. The number of nitrogens with one attached hydrogen (secondary N) is 1. The lowest BCUT2D eigenvalue weighted by molar-refractivity contribution is 0.0674. The van der Waals surface area contributed by atoms with Crippen molar-refractivity contribution in [2.45, 2.75) is 32.4 Å². The minimum atomic E-state index is 0.151. The van der Waals surface area contributed by atoms with E-state index in [9.17, 15) is 4.79 Å². The van der Waals surface area contributed by atoms with Crippen LogP contribution < -0.4 is 11.1 Å². The molecule has 5 rings (SSSR count). The number of nitrogens with two attached hydrogens (primary N) is 1. The maximum atomic E-state index is 12.9. The van der Waals surface area contributed by atoms with Gasteiger partial charge in [0, 0.05) is 35.6 Å². The summed E-state index contributed by atoms with van der Waals surface area (Å²) < 4.78 is 0. The van der Waals surface area contributed by atoms with E-state index in [1.165, 1.54) is 0 Å². The van der Waals surface area contributed by atoms with Crippen molar-refractivity contribution in [1.29, 1.82) is 0 Å². The van der Waals surface area contributed by atoms with Gasteiger partial charge in [-0.25, -0.2) is 4.98 Å². The molecule has 1 amide bonds. The van der Waals surface area contributed by atoms with Crippen molar-refractivity contribution in [2.24, 2.45) is 0 Å². The highest BCUT2D eigenvalue weighted by Gasteiger charge is 2.33. The average molecular weight is 372 g/mol. The van der Waals surface area contributed by atoms with Crippen LogP contribution >= 0.6 is 0 Å². The van der Waals surface area contributed by atoms with E-state index in [0.29, 0.717) is 12.4 Å². The predicted octanol–water partition coefficient (Wildman–Crippen LogP) is 3.50. The van der Waals surface area contributed by atoms with E-state index < -0.39 is 0 Å². The second-order valence-corrected chi connectivity index (χ2v) is 7.82. The molecule has 2 aliphatic heterocycles. The van der Waals surface area contributed by atoms with E-state index in [1.54, 1.807) is 0 Å². The highest BCUT2D eigenvalue weighted by molar-refractivity contribution is 6.00. The van der Waals surface area contributed by atoms with E-state index in [0.717, 1.165) is 64.7 Å². The number of hydrogen-bond acceptors (Lipinski definition) is 4. The quantitative estimate of drug-likeness (QED) is 0.722. The molecule has 0 aliphatic carbocycles. The molecule has 5 heteroatoms. The number of pyridine rings is 1. The number of aryl methyl sites for hydroxylation is 1. The Morgan fingerprint density at radius 3 is 2.79 bits per heavy atom. The first-order valence-corrected chi connectivity index (χ1v) is 9.93. The highest BCUT2D eigenvalue weighted by atomic mass is 16.2. The van der Waals surface area contributed by atoms with Crippen LogP contribution in [0.4, 0.5) is 5.82 Å². The third kappa shape index (κ3) is 2.66. The van der Waals surface area contributed by atoms with Gasteiger partial charge in [-0.3, -0.25) is 4.79 Å². The van der Waals surface area contributed by atoms with Gasteiger partial charge in [0.25, 0.3) is 5.91 Å². The van der Waals surface area contributed by atoms with Crippen LogP contribution in [0.5, 0.6) is 0 Å². The average Bonchev–Trinajstić information content (AvgIpc) is 3.07. The van der Waals surface area contributed by atoms with Crippen LogP contribution in [0.15, 0.2) is 42.5 Å². The molecule has 0 saturated carbocycles. The van der Waals surface area contributed by atoms with Crippen LogP contribution in [-0.2, 0) is 6.54 Å². The standard InChI is InChI=1S/C23H24N4O/c1-14-18-6-2-3-7-20(18)22(24)26-21(14)15-8-9-19-16(11-15)13-27(23(19)28)17-5-4-10-25-12-17/h2-3,6-9,11,17,25H,4-5,10,12-13H2,1H3,(H2,24,26). The number of nitrogen functional groups attached to an aromatic ring is 1. The minimum absolute atomic E-state index is 0.151. The minimum Gasteiger partial charge on any atom is -0.383 e. The van der Waals surface area contributed by atoms with Crippen LogP contribution in [0.1, 0.15) is 34.3 Å². The van der Waals surface area contributed by atoms with E-state index in [4.69, 9.17) is 10.7 Å². The fourth-order valence-electron chi connectivity index (χ4n) is 4.59. The van der Waals surface area contributed by atoms with Gasteiger partial charge >= 0.3 is 0 Å². The first-order valence-electron chi connectivity index (χ1n) is 9.93. The molecule has 1 saturated heterocycles. The lowest BCUT2D eigenvalue weighted by Crippen LogP contribution is -2.46. The summed E-state index contributed by atoms with van der Waals surface area (Å²) >= 11 is 0. The van der Waals surface area contributed by atoms with E-state index in [-0.39, 0.29) is 11.9 Å². The zero-order valence-electron chi connectivity index (χ0n) is 16.0. The van der Waals surface area contributed by atoms with Gasteiger partial charge in [0.15, 0.2) is 0 Å². The Kier molecular flexibility index (Phi) is 4.05. The van der Waals surface area contributed by atoms with E-state index in [2.05, 4.69) is 24.4 Å². The number of fused-ring (bicyclic) bond motifs is 2. The smallest absolute Gasteiger partial charge is 0.254 e. The van der Waals surface area contributed by atoms with Gasteiger partial charge in [-0.05, 0) is 55.0 Å². The SMILES string of the molecule is Cc1c(-c2ccc3c(c2)CN(C2CCCNC2)C3=O)nc(N)c2ccccc12. The molecule has 1 fully saturated rings. The Balaban J connectivity index is 1.54. The topological polar surface area (TPSA) is 71.2 Å². The highest BCUT2D eigenvalue weighted by Crippen LogP contribution is 2.34. The monoisotopic (exact) mass is 372 g/mol. The van der Waals surface area contributed by atoms with Gasteiger partial charge in [-0.1, -0.05) is 30.3 Å². The summed E-state index contributed by atoms with van der Waals surface area (Å²) in [5.74, 6) is 0.695. The number of carbonyl (C=O) groups excluding carboxylic acids is 1. The summed E-state index contributed by atoms with van der Waals surface area (Å²) in [4.78, 5) is 19.6. The molecule has 142 valence electrons. The fraction of sp³-hybridized carbons (Fsp3) is 0.304. The van der Waals surface area contributed by atoms with Gasteiger partial charge in [0.1, 0.15) is 5.82 Å². The Hall–Kier alpha value is -2.92. The van der Waals surface area contributed by atoms with Crippen molar-refractivity contribution in [3.05, 3.63) is 59.2 Å². The molecule has 2 aliphatic rings. The van der Waals surface area contributed by atoms with Gasteiger partial charge in [-0.2, -0.15) is 0 Å². The first-order chi connectivity index (χ1) is 13.6. The van der Waals surface area contributed by atoms with Crippen molar-refractivity contribution >= 4 is 22.5 Å². The molecule has 3 N–H and O–H groups in total. The number of anilines is 1. The third-order valence-corrected chi connectivity index (χ3v) is 6.12. The van der Waals surface area contributed by atoms with Crippen LogP contribution in [0.3, 0.4) is 0 Å². The molecule has 3 aromatic rings. The normalized spacial score (nSPS) is 19.2. The second-order valence-electron chi connectivity index (χ2n) is 7.82. The fourth-order valence-corrected chi connectivity index (χ4v) is 4.59. The summed E-state index contributed by atoms with van der Waals surface area (Å²) in [6.07, 6.45) is 2.19. The van der Waals surface area contributed by atoms with Crippen molar-refractivity contribution in [3.8, 4) is 11.3 Å². The number of hydrogen-bond donors (Lipinski definition) is 2. The van der Waals surface area contributed by atoms with E-state index in [1.807, 2.05) is 35.2 Å². The molecule has 0 radical (unpaired) electrons. The largest absolute Gasteiger partial charge is 0.383 e. The maximum Gasteiger partial charge on any atom is 0.254 e. The number of carbonyl (C=O) groups is 1. The number of amides is 1. The number of rotatable bonds is 2. The molecule has 2 aromatic carbocycles. The van der Waals surface area contributed by atoms with Crippen molar-refractivity contribution < 1.29 is 4.79 Å². The lowest BCUT2D eigenvalue weighted by atomic mass is 9.98. The molecule has 0 spiro atoms. The number of aromatic nitrogens is 1. The number of nitrogens with zero attached hydrogens (tertiary/aromatic N) is 2. The first kappa shape index (κ1) is 17.2. The van der Waals surface area contributed by atoms with Crippen LogP contribution in [0.25, 0.3) is 22.0 Å². The van der Waals surface area contributed by atoms with Crippen LogP contribution in [0, 0.1) is 6.92 Å². The van der Waals surface area contributed by atoms with Crippen molar-refractivity contribution in [3.63, 3.8) is 0 Å². The summed E-state index contributed by atoms with van der Waals surface area (Å²) in [5, 5.41) is 5.51. The molecule has 28 heavy (non-hydrogen) atoms. The Morgan fingerprint density at radius 1 is 1.18 bits per heavy atom. The predicted molar refractivity (Wildman–Crippen MR) is 112 cm³/mol. The summed E-state index contributed by atoms with van der Waals surface area (Å²) in [6.45, 7) is 4.69. The molecule has 1 unspecified atom stereocenters. The van der Waals surface area contributed by atoms with Crippen LogP contribution in [-0.4, -0.2) is 34.9 Å². The Bertz CT molecular complexity index is 1090. The zero-order chi connectivity index (χ0) is 19.3. The number of piperidine rings is 1. The Labute approximate surface area is 164 Å². The molecular weight excluding hydrogens is 348 g/mol. The molecule has 3 heterocycles. The van der Waals surface area contributed by atoms with Gasteiger partial charge in [0.2, 0.25) is 0 Å². The van der Waals surface area contributed by atoms with Gasteiger partial charge < -0.3 is 16.0 Å². The summed E-state index contributed by atoms with van der Waals surface area (Å²) in [5.41, 5.74) is 11.2. The second kappa shape index (κ2) is 6.60. The zero-order valence-corrected chi connectivity index (χ0v) is 16.0. The van der Waals surface area contributed by atoms with Crippen LogP contribution in [0.2, 0.25) is 0 Å². The molecule has 5 nitrogen and oxygen atoms in total. The Morgan fingerprint density at radius 2 is 2.00 bits per heavy atom. The lowest BCUT2D eigenvalue weighted by Gasteiger charge is -2.31. The van der Waals surface area contributed by atoms with Gasteiger partial charge in [0.05, 0.1) is 5.69 Å². The molecule has 1 atom stereocenters. The van der Waals surface area contributed by atoms with Crippen molar-refractivity contribution in [2.75, 3.05) is 18.8 Å². The number of benzene rings is 2. The maximum absolute atomic E-state index is 12.9. The van der Waals surface area contributed by atoms with Crippen molar-refractivity contribution in [1.82, 2.24) is 15.2 Å². The summed E-state index contributed by atoms with van der Waals surface area (Å²) in [7, 11) is 0.